The van der Waals surface area contributed by atoms with E-state index in [9.17, 15) is 0 Å². The molecule has 0 saturated carbocycles. The van der Waals surface area contributed by atoms with Crippen molar-refractivity contribution in [2.45, 2.75) is 183 Å². The first kappa shape index (κ1) is 36.7. The van der Waals surface area contributed by atoms with Crippen molar-refractivity contribution in [3.8, 4) is 0 Å². The molecule has 0 aromatic heterocycles. The molecule has 0 atom stereocenters. The standard InChI is InChI=1S/C40H67N3P2/c1-34(2,3)26-22-28(36(7,8)9)32(29(23-26)37(10,11)12)41-44-42(45(41)43(44)40(19,20)21)33-30(38(13,14)15)24-27(35(4,5)6)25-31(33)39(16,17)18/h22-25H,1-21H3. The van der Waals surface area contributed by atoms with Gasteiger partial charge < -0.3 is 0 Å². The lowest BCUT2D eigenvalue weighted by Gasteiger charge is -2.77. The van der Waals surface area contributed by atoms with Crippen LogP contribution >= 0.6 is 16.7 Å². The molecule has 45 heavy (non-hydrogen) atoms. The highest BCUT2D eigenvalue weighted by molar-refractivity contribution is 8.06. The van der Waals surface area contributed by atoms with E-state index in [1.54, 1.807) is 0 Å². The SMILES string of the molecule is CC(C)(C)c1cc(C(C)(C)C)c(N2P3N(c4c(C(C)(C)C)cc(C(C)(C)C)cc4C(C)(C)C)P2N3C(C)(C)C)c(C(C)(C)C)c1. The van der Waals surface area contributed by atoms with Gasteiger partial charge in [0, 0.05) is 5.54 Å². The van der Waals surface area contributed by atoms with Crippen LogP contribution in [0.5, 0.6) is 0 Å². The molecular formula is C40H67N3P2. The van der Waals surface area contributed by atoms with Gasteiger partial charge in [0.25, 0.3) is 0 Å². The molecule has 0 N–H and O–H groups in total. The van der Waals surface area contributed by atoms with E-state index >= 15 is 0 Å². The lowest BCUT2D eigenvalue weighted by Crippen LogP contribution is -2.64. The lowest BCUT2D eigenvalue weighted by atomic mass is 9.74. The van der Waals surface area contributed by atoms with Gasteiger partial charge in [-0.15, -0.1) is 0 Å². The molecule has 3 fully saturated rings. The molecule has 0 unspecified atom stereocenters. The molecule has 0 spiro atoms. The largest absolute Gasteiger partial charge is 0.267 e. The van der Waals surface area contributed by atoms with Gasteiger partial charge in [-0.25, -0.2) is 0 Å². The molecule has 3 nitrogen and oxygen atoms in total. The zero-order valence-corrected chi connectivity index (χ0v) is 34.8. The Morgan fingerprint density at radius 1 is 0.356 bits per heavy atom. The van der Waals surface area contributed by atoms with Crippen LogP contribution in [0.1, 0.15) is 179 Å². The van der Waals surface area contributed by atoms with E-state index in [4.69, 9.17) is 0 Å². The summed E-state index contributed by atoms with van der Waals surface area (Å²) in [5, 5.41) is 0. The van der Waals surface area contributed by atoms with Crippen LogP contribution in [0.15, 0.2) is 24.3 Å². The molecule has 2 aromatic rings. The van der Waals surface area contributed by atoms with Crippen molar-refractivity contribution in [3.63, 3.8) is 0 Å². The zero-order valence-electron chi connectivity index (χ0n) is 33.0. The smallest absolute Gasteiger partial charge is 0.197 e. The highest BCUT2D eigenvalue weighted by Crippen LogP contribution is 2.98. The van der Waals surface area contributed by atoms with Crippen LogP contribution in [-0.4, -0.2) is 9.98 Å². The van der Waals surface area contributed by atoms with E-state index in [1.165, 1.54) is 44.8 Å². The van der Waals surface area contributed by atoms with Gasteiger partial charge in [0.2, 0.25) is 0 Å². The zero-order chi connectivity index (χ0) is 34.8. The Balaban J connectivity index is 2.05. The Bertz CT molecular complexity index is 1270. The Morgan fingerprint density at radius 2 is 0.578 bits per heavy atom. The number of hydrogen-bond donors (Lipinski definition) is 0. The second-order valence-corrected chi connectivity index (χ2v) is 25.3. The summed E-state index contributed by atoms with van der Waals surface area (Å²) in [6.07, 6.45) is 0. The number of benzene rings is 2. The first-order valence-corrected chi connectivity index (χ1v) is 19.6. The molecule has 0 radical (unpaired) electrons. The average Bonchev–Trinajstić information content (AvgIpc) is 2.72. The van der Waals surface area contributed by atoms with Crippen LogP contribution in [0, 0.1) is 0 Å². The summed E-state index contributed by atoms with van der Waals surface area (Å²) in [6.45, 7) is 50.4. The normalized spacial score (nSPS) is 20.4. The van der Waals surface area contributed by atoms with Crippen molar-refractivity contribution in [2.24, 2.45) is 0 Å². The van der Waals surface area contributed by atoms with E-state index in [0.717, 1.165) is 0 Å². The highest BCUT2D eigenvalue weighted by atomic mass is 31.3. The summed E-state index contributed by atoms with van der Waals surface area (Å²) in [5.74, 6) is 0. The molecule has 2 bridgehead atoms. The average molecular weight is 652 g/mol. The number of rotatable bonds is 2. The second kappa shape index (κ2) is 10.7. The van der Waals surface area contributed by atoms with Crippen molar-refractivity contribution in [1.82, 2.24) is 4.44 Å². The molecule has 3 saturated heterocycles. The van der Waals surface area contributed by atoms with Crippen LogP contribution in [0.4, 0.5) is 11.4 Å². The van der Waals surface area contributed by atoms with Gasteiger partial charge in [-0.3, -0.25) is 8.88 Å². The predicted molar refractivity (Wildman–Crippen MR) is 205 cm³/mol. The Morgan fingerprint density at radius 3 is 0.733 bits per heavy atom. The molecule has 0 aliphatic carbocycles. The highest BCUT2D eigenvalue weighted by Gasteiger charge is 2.72. The van der Waals surface area contributed by atoms with Gasteiger partial charge in [-0.1, -0.05) is 149 Å². The molecule has 0 amide bonds. The van der Waals surface area contributed by atoms with Crippen molar-refractivity contribution >= 4 is 28.1 Å². The van der Waals surface area contributed by atoms with Crippen LogP contribution < -0.4 is 8.88 Å². The fourth-order valence-corrected chi connectivity index (χ4v) is 13.0. The topological polar surface area (TPSA) is 9.72 Å². The molecule has 5 heteroatoms. The second-order valence-electron chi connectivity index (χ2n) is 20.9. The van der Waals surface area contributed by atoms with Gasteiger partial charge in [0.15, 0.2) is 16.7 Å². The van der Waals surface area contributed by atoms with Gasteiger partial charge in [0.1, 0.15) is 0 Å². The van der Waals surface area contributed by atoms with Crippen LogP contribution in [0.2, 0.25) is 0 Å². The molecule has 252 valence electrons. The quantitative estimate of drug-likeness (QED) is 0.299. The lowest BCUT2D eigenvalue weighted by molar-refractivity contribution is 0.369. The van der Waals surface area contributed by atoms with Crippen molar-refractivity contribution in [1.29, 1.82) is 0 Å². The summed E-state index contributed by atoms with van der Waals surface area (Å²) in [7, 11) is -1.41. The fourth-order valence-electron chi connectivity index (χ4n) is 6.35. The fraction of sp³-hybridized carbons (Fsp3) is 0.700. The third-order valence-corrected chi connectivity index (χ3v) is 16.1. The van der Waals surface area contributed by atoms with Gasteiger partial charge in [0.05, 0.1) is 11.4 Å². The van der Waals surface area contributed by atoms with Crippen molar-refractivity contribution in [2.75, 3.05) is 8.88 Å². The van der Waals surface area contributed by atoms with Crippen LogP contribution in [0.3, 0.4) is 0 Å². The van der Waals surface area contributed by atoms with Gasteiger partial charge in [-0.05, 0) is 86.6 Å². The van der Waals surface area contributed by atoms with E-state index in [0.29, 0.717) is 0 Å². The molecule has 3 aliphatic rings. The maximum Gasteiger partial charge on any atom is 0.197 e. The Labute approximate surface area is 281 Å². The number of hydrogen-bond acceptors (Lipinski definition) is 3. The Hall–Kier alpha value is -1.14. The van der Waals surface area contributed by atoms with E-state index in [-0.39, 0.29) is 38.0 Å². The Kier molecular flexibility index (Phi) is 8.71. The van der Waals surface area contributed by atoms with Gasteiger partial charge >= 0.3 is 0 Å². The molecule has 3 heterocycles. The molecule has 2 aromatic carbocycles. The van der Waals surface area contributed by atoms with Crippen LogP contribution in [0.25, 0.3) is 0 Å². The third-order valence-electron chi connectivity index (χ3n) is 9.20. The molecular weight excluding hydrogens is 584 g/mol. The van der Waals surface area contributed by atoms with E-state index in [2.05, 4.69) is 183 Å². The number of anilines is 2. The summed E-state index contributed by atoms with van der Waals surface area (Å²) < 4.78 is 8.67. The monoisotopic (exact) mass is 651 g/mol. The molecule has 5 rings (SSSR count). The minimum atomic E-state index is -0.705. The first-order valence-electron chi connectivity index (χ1n) is 17.2. The van der Waals surface area contributed by atoms with E-state index < -0.39 is 16.7 Å². The summed E-state index contributed by atoms with van der Waals surface area (Å²) >= 11 is 0. The first-order chi connectivity index (χ1) is 19.8. The minimum absolute atomic E-state index is 0.0322. The molecule has 3 aliphatic heterocycles. The van der Waals surface area contributed by atoms with Crippen molar-refractivity contribution < 1.29 is 0 Å². The minimum Gasteiger partial charge on any atom is -0.267 e. The summed E-state index contributed by atoms with van der Waals surface area (Å²) in [6, 6.07) is 10.2. The maximum atomic E-state index is 2.90. The summed E-state index contributed by atoms with van der Waals surface area (Å²) in [4.78, 5) is 0. The number of nitrogens with zero attached hydrogens (tertiary/aromatic N) is 3. The van der Waals surface area contributed by atoms with Crippen molar-refractivity contribution in [3.05, 3.63) is 57.6 Å². The van der Waals surface area contributed by atoms with E-state index in [1.807, 2.05) is 0 Å². The maximum absolute atomic E-state index is 2.90. The van der Waals surface area contributed by atoms with Crippen LogP contribution in [-0.2, 0) is 32.5 Å². The predicted octanol–water partition coefficient (Wildman–Crippen LogP) is 13.4. The summed E-state index contributed by atoms with van der Waals surface area (Å²) in [5.41, 5.74) is 12.3. The van der Waals surface area contributed by atoms with Gasteiger partial charge in [-0.2, -0.15) is 4.44 Å². The third kappa shape index (κ3) is 6.51.